The van der Waals surface area contributed by atoms with E-state index in [0.717, 1.165) is 0 Å². The summed E-state index contributed by atoms with van der Waals surface area (Å²) in [5.41, 5.74) is 0.125. The molecule has 0 radical (unpaired) electrons. The highest BCUT2D eigenvalue weighted by Gasteiger charge is 2.25. The summed E-state index contributed by atoms with van der Waals surface area (Å²) in [6.07, 6.45) is 0. The molecule has 4 nitrogen and oxygen atoms in total. The van der Waals surface area contributed by atoms with Crippen LogP contribution in [0.5, 0.6) is 0 Å². The van der Waals surface area contributed by atoms with E-state index in [-0.39, 0.29) is 5.57 Å². The SMILES string of the molecule is C=C(C)C(C(=O)O)C(=O)O. The highest BCUT2D eigenvalue weighted by atomic mass is 16.4. The first-order chi connectivity index (χ1) is 4.46. The van der Waals surface area contributed by atoms with Crippen molar-refractivity contribution < 1.29 is 19.8 Å². The number of carboxylic acid groups (broad SMARTS) is 2. The van der Waals surface area contributed by atoms with Crippen LogP contribution < -0.4 is 0 Å². The molecule has 0 aromatic heterocycles. The molecule has 4 heteroatoms. The van der Waals surface area contributed by atoms with Gasteiger partial charge >= 0.3 is 11.9 Å². The molecule has 0 unspecified atom stereocenters. The normalized spacial score (nSPS) is 9.40. The molecule has 0 saturated carbocycles. The van der Waals surface area contributed by atoms with Crippen molar-refractivity contribution >= 4 is 11.9 Å². The molecule has 0 saturated heterocycles. The van der Waals surface area contributed by atoms with Crippen LogP contribution in [-0.4, -0.2) is 22.2 Å². The second-order valence-corrected chi connectivity index (χ2v) is 1.96. The first kappa shape index (κ1) is 8.68. The van der Waals surface area contributed by atoms with Crippen LogP contribution in [0, 0.1) is 5.92 Å². The molecule has 0 aromatic rings. The molecule has 56 valence electrons. The highest BCUT2D eigenvalue weighted by molar-refractivity contribution is 5.95. The summed E-state index contributed by atoms with van der Waals surface area (Å²) in [6.45, 7) is 4.60. The maximum Gasteiger partial charge on any atom is 0.322 e. The quantitative estimate of drug-likeness (QED) is 0.442. The standard InChI is InChI=1S/C6H8O4/c1-3(2)4(5(7)8)6(9)10/h4H,1H2,2H3,(H,7,8)(H,9,10). The fourth-order valence-electron chi connectivity index (χ4n) is 0.527. The van der Waals surface area contributed by atoms with Crippen molar-refractivity contribution in [2.75, 3.05) is 0 Å². The minimum Gasteiger partial charge on any atom is -0.480 e. The summed E-state index contributed by atoms with van der Waals surface area (Å²) < 4.78 is 0. The van der Waals surface area contributed by atoms with Crippen molar-refractivity contribution in [2.24, 2.45) is 5.92 Å². The Balaban J connectivity index is 4.43. The Morgan fingerprint density at radius 1 is 1.30 bits per heavy atom. The van der Waals surface area contributed by atoms with E-state index < -0.39 is 17.9 Å². The molecular formula is C6H8O4. The van der Waals surface area contributed by atoms with Crippen LogP contribution in [0.3, 0.4) is 0 Å². The van der Waals surface area contributed by atoms with Gasteiger partial charge in [0.25, 0.3) is 0 Å². The predicted molar refractivity (Wildman–Crippen MR) is 33.6 cm³/mol. The Morgan fingerprint density at radius 2 is 1.60 bits per heavy atom. The van der Waals surface area contributed by atoms with E-state index >= 15 is 0 Å². The molecule has 0 spiro atoms. The lowest BCUT2D eigenvalue weighted by atomic mass is 10.0. The van der Waals surface area contributed by atoms with E-state index in [4.69, 9.17) is 10.2 Å². The van der Waals surface area contributed by atoms with Crippen LogP contribution in [0.15, 0.2) is 12.2 Å². The van der Waals surface area contributed by atoms with E-state index in [1.165, 1.54) is 6.92 Å². The lowest BCUT2D eigenvalue weighted by Gasteiger charge is -2.04. The average molecular weight is 144 g/mol. The van der Waals surface area contributed by atoms with Gasteiger partial charge in [-0.2, -0.15) is 0 Å². The monoisotopic (exact) mass is 144 g/mol. The van der Waals surface area contributed by atoms with Crippen molar-refractivity contribution in [1.29, 1.82) is 0 Å². The van der Waals surface area contributed by atoms with Gasteiger partial charge in [-0.05, 0) is 6.92 Å². The van der Waals surface area contributed by atoms with Gasteiger partial charge in [0, 0.05) is 0 Å². The summed E-state index contributed by atoms with van der Waals surface area (Å²) in [7, 11) is 0. The Morgan fingerprint density at radius 3 is 1.60 bits per heavy atom. The van der Waals surface area contributed by atoms with Gasteiger partial charge in [-0.15, -0.1) is 0 Å². The van der Waals surface area contributed by atoms with Crippen LogP contribution in [0.25, 0.3) is 0 Å². The predicted octanol–water partition coefficient (Wildman–Crippen LogP) is 0.348. The maximum absolute atomic E-state index is 10.1. The lowest BCUT2D eigenvalue weighted by molar-refractivity contribution is -0.152. The van der Waals surface area contributed by atoms with Gasteiger partial charge < -0.3 is 10.2 Å². The number of hydrogen-bond donors (Lipinski definition) is 2. The van der Waals surface area contributed by atoms with Gasteiger partial charge in [-0.3, -0.25) is 9.59 Å². The molecule has 0 aliphatic carbocycles. The molecule has 0 amide bonds. The molecule has 10 heavy (non-hydrogen) atoms. The Kier molecular flexibility index (Phi) is 2.61. The van der Waals surface area contributed by atoms with E-state index in [2.05, 4.69) is 6.58 Å². The summed E-state index contributed by atoms with van der Waals surface area (Å²) >= 11 is 0. The van der Waals surface area contributed by atoms with Crippen molar-refractivity contribution in [1.82, 2.24) is 0 Å². The summed E-state index contributed by atoms with van der Waals surface area (Å²) in [4.78, 5) is 20.3. The van der Waals surface area contributed by atoms with Crippen LogP contribution in [0.4, 0.5) is 0 Å². The number of aliphatic carboxylic acids is 2. The largest absolute Gasteiger partial charge is 0.480 e. The van der Waals surface area contributed by atoms with Gasteiger partial charge in [0.2, 0.25) is 0 Å². The Hall–Kier alpha value is -1.32. The Bertz CT molecular complexity index is 149. The molecule has 0 rings (SSSR count). The minimum atomic E-state index is -1.47. The fourth-order valence-corrected chi connectivity index (χ4v) is 0.527. The zero-order valence-corrected chi connectivity index (χ0v) is 5.50. The molecule has 0 fully saturated rings. The first-order valence-electron chi connectivity index (χ1n) is 2.58. The van der Waals surface area contributed by atoms with E-state index in [1.807, 2.05) is 0 Å². The van der Waals surface area contributed by atoms with E-state index in [9.17, 15) is 9.59 Å². The molecule has 0 aliphatic heterocycles. The van der Waals surface area contributed by atoms with E-state index in [0.29, 0.717) is 0 Å². The van der Waals surface area contributed by atoms with Gasteiger partial charge in [-0.25, -0.2) is 0 Å². The van der Waals surface area contributed by atoms with Crippen LogP contribution >= 0.6 is 0 Å². The molecule has 0 aromatic carbocycles. The molecule has 0 heterocycles. The average Bonchev–Trinajstić information content (AvgIpc) is 1.59. The van der Waals surface area contributed by atoms with Crippen LogP contribution in [0.2, 0.25) is 0 Å². The van der Waals surface area contributed by atoms with Crippen molar-refractivity contribution in [3.05, 3.63) is 12.2 Å². The topological polar surface area (TPSA) is 74.6 Å². The lowest BCUT2D eigenvalue weighted by Crippen LogP contribution is -2.23. The number of rotatable bonds is 3. The van der Waals surface area contributed by atoms with Gasteiger partial charge in [0.1, 0.15) is 0 Å². The molecule has 0 aliphatic rings. The smallest absolute Gasteiger partial charge is 0.322 e. The number of carbonyl (C=O) groups is 2. The maximum atomic E-state index is 10.1. The van der Waals surface area contributed by atoms with Crippen molar-refractivity contribution in [2.45, 2.75) is 6.92 Å². The van der Waals surface area contributed by atoms with Crippen LogP contribution in [0.1, 0.15) is 6.92 Å². The van der Waals surface area contributed by atoms with Gasteiger partial charge in [0.15, 0.2) is 5.92 Å². The molecular weight excluding hydrogens is 136 g/mol. The molecule has 0 atom stereocenters. The fraction of sp³-hybridized carbons (Fsp3) is 0.333. The molecule has 2 N–H and O–H groups in total. The van der Waals surface area contributed by atoms with Crippen molar-refractivity contribution in [3.8, 4) is 0 Å². The molecule has 0 bridgehead atoms. The number of hydrogen-bond acceptors (Lipinski definition) is 2. The zero-order valence-electron chi connectivity index (χ0n) is 5.50. The summed E-state index contributed by atoms with van der Waals surface area (Å²) in [5, 5.41) is 16.5. The third kappa shape index (κ3) is 1.89. The first-order valence-corrected chi connectivity index (χ1v) is 2.58. The Labute approximate surface area is 57.8 Å². The summed E-state index contributed by atoms with van der Waals surface area (Å²) in [5.74, 6) is -4.22. The minimum absolute atomic E-state index is 0.125. The second-order valence-electron chi connectivity index (χ2n) is 1.96. The van der Waals surface area contributed by atoms with E-state index in [1.54, 1.807) is 0 Å². The number of carboxylic acids is 2. The highest BCUT2D eigenvalue weighted by Crippen LogP contribution is 2.07. The van der Waals surface area contributed by atoms with Gasteiger partial charge in [-0.1, -0.05) is 12.2 Å². The summed E-state index contributed by atoms with van der Waals surface area (Å²) in [6, 6.07) is 0. The van der Waals surface area contributed by atoms with Crippen LogP contribution in [-0.2, 0) is 9.59 Å². The zero-order chi connectivity index (χ0) is 8.31. The van der Waals surface area contributed by atoms with Crippen molar-refractivity contribution in [3.63, 3.8) is 0 Å². The van der Waals surface area contributed by atoms with Gasteiger partial charge in [0.05, 0.1) is 0 Å². The third-order valence-corrected chi connectivity index (χ3v) is 0.987. The third-order valence-electron chi connectivity index (χ3n) is 0.987. The second kappa shape index (κ2) is 3.00.